The molecule has 0 amide bonds. The van der Waals surface area contributed by atoms with Crippen LogP contribution in [0.1, 0.15) is 135 Å². The molecule has 1 aromatic heterocycles. The van der Waals surface area contributed by atoms with Gasteiger partial charge in [0.25, 0.3) is 0 Å². The molecule has 0 atom stereocenters. The van der Waals surface area contributed by atoms with Crippen molar-refractivity contribution in [3.63, 3.8) is 0 Å². The number of aromatic nitrogens is 1. The van der Waals surface area contributed by atoms with Crippen LogP contribution in [0.2, 0.25) is 0 Å². The van der Waals surface area contributed by atoms with Gasteiger partial charge in [-0.3, -0.25) is 14.7 Å². The lowest BCUT2D eigenvalue weighted by Crippen LogP contribution is -2.26. The molecule has 0 aliphatic carbocycles. The number of carbonyl (C=O) groups is 1. The Bertz CT molecular complexity index is 612. The summed E-state index contributed by atoms with van der Waals surface area (Å²) in [4.78, 5) is 18.9. The molecule has 5 heteroatoms. The maximum Gasteiger partial charge on any atom is 0.305 e. The van der Waals surface area contributed by atoms with E-state index in [1.54, 1.807) is 0 Å². The average molecular weight is 537 g/mol. The van der Waals surface area contributed by atoms with Crippen LogP contribution in [0.4, 0.5) is 0 Å². The van der Waals surface area contributed by atoms with E-state index in [4.69, 9.17) is 16.3 Å². The van der Waals surface area contributed by atoms with Gasteiger partial charge in [0.05, 0.1) is 6.61 Å². The number of alkyl halides is 1. The summed E-state index contributed by atoms with van der Waals surface area (Å²) >= 11 is 6.01. The molecule has 0 radical (unpaired) electrons. The van der Waals surface area contributed by atoms with Crippen LogP contribution < -0.4 is 0 Å². The van der Waals surface area contributed by atoms with Crippen LogP contribution in [0.3, 0.4) is 0 Å². The molecular formula is C32H57ClN2O2. The second-order valence-corrected chi connectivity index (χ2v) is 11.2. The summed E-state index contributed by atoms with van der Waals surface area (Å²) < 4.78 is 5.77. The zero-order chi connectivity index (χ0) is 26.8. The number of ether oxygens (including phenoxy) is 1. The SMILES string of the molecule is CCCCCCCCC(CCCCCCCC)COC(=O)CCCCCN(CCCl)Cc1ccncc1. The smallest absolute Gasteiger partial charge is 0.305 e. The van der Waals surface area contributed by atoms with Gasteiger partial charge in [0.15, 0.2) is 0 Å². The molecule has 4 nitrogen and oxygen atoms in total. The fourth-order valence-electron chi connectivity index (χ4n) is 4.94. The van der Waals surface area contributed by atoms with Gasteiger partial charge >= 0.3 is 5.97 Å². The Morgan fingerprint density at radius 1 is 0.811 bits per heavy atom. The Labute approximate surface area is 234 Å². The van der Waals surface area contributed by atoms with Crippen molar-refractivity contribution < 1.29 is 9.53 Å². The molecule has 0 unspecified atom stereocenters. The van der Waals surface area contributed by atoms with E-state index < -0.39 is 0 Å². The first kappa shape index (κ1) is 33.9. The monoisotopic (exact) mass is 536 g/mol. The van der Waals surface area contributed by atoms with Gasteiger partial charge in [-0.2, -0.15) is 0 Å². The Morgan fingerprint density at radius 2 is 1.38 bits per heavy atom. The van der Waals surface area contributed by atoms with Crippen molar-refractivity contribution in [3.8, 4) is 0 Å². The summed E-state index contributed by atoms with van der Waals surface area (Å²) in [7, 11) is 0. The van der Waals surface area contributed by atoms with Crippen molar-refractivity contribution >= 4 is 17.6 Å². The number of rotatable bonds is 26. The molecule has 1 aromatic rings. The van der Waals surface area contributed by atoms with Crippen molar-refractivity contribution in [1.82, 2.24) is 9.88 Å². The third-order valence-electron chi connectivity index (χ3n) is 7.32. The second-order valence-electron chi connectivity index (χ2n) is 10.8. The lowest BCUT2D eigenvalue weighted by Gasteiger charge is -2.21. The summed E-state index contributed by atoms with van der Waals surface area (Å²) in [5, 5.41) is 0. The molecule has 1 heterocycles. The van der Waals surface area contributed by atoms with Crippen molar-refractivity contribution in [2.45, 2.75) is 136 Å². The number of pyridine rings is 1. The standard InChI is InChI=1S/C32H57ClN2O2/c1-3-5-7-9-11-14-18-31(19-15-12-10-8-6-4-2)29-37-32(36)20-16-13-17-26-35(27-23-33)28-30-21-24-34-25-22-30/h21-22,24-25,31H,3-20,23,26-29H2,1-2H3. The summed E-state index contributed by atoms with van der Waals surface area (Å²) in [6, 6.07) is 4.12. The van der Waals surface area contributed by atoms with E-state index in [-0.39, 0.29) is 5.97 Å². The zero-order valence-electron chi connectivity index (χ0n) is 24.2. The fourth-order valence-corrected chi connectivity index (χ4v) is 5.18. The Morgan fingerprint density at radius 3 is 1.97 bits per heavy atom. The highest BCUT2D eigenvalue weighted by Crippen LogP contribution is 2.20. The summed E-state index contributed by atoms with van der Waals surface area (Å²) in [6.45, 7) is 7.94. The molecule has 1 rings (SSSR count). The van der Waals surface area contributed by atoms with Gasteiger partial charge < -0.3 is 4.74 Å². The molecule has 37 heavy (non-hydrogen) atoms. The molecule has 0 fully saturated rings. The minimum absolute atomic E-state index is 0.00899. The fraction of sp³-hybridized carbons (Fsp3) is 0.812. The predicted molar refractivity (Wildman–Crippen MR) is 159 cm³/mol. The minimum Gasteiger partial charge on any atom is -0.465 e. The number of carbonyl (C=O) groups excluding carboxylic acids is 1. The third kappa shape index (κ3) is 20.5. The van der Waals surface area contributed by atoms with E-state index in [0.29, 0.717) is 24.8 Å². The summed E-state index contributed by atoms with van der Waals surface area (Å²) in [5.74, 6) is 1.17. The van der Waals surface area contributed by atoms with E-state index in [2.05, 4.69) is 35.9 Å². The highest BCUT2D eigenvalue weighted by molar-refractivity contribution is 6.18. The predicted octanol–water partition coefficient (Wildman–Crippen LogP) is 9.34. The van der Waals surface area contributed by atoms with Crippen molar-refractivity contribution in [2.75, 3.05) is 25.6 Å². The molecule has 0 bridgehead atoms. The number of halogens is 1. The first-order valence-corrected chi connectivity index (χ1v) is 16.1. The average Bonchev–Trinajstić information content (AvgIpc) is 2.91. The number of hydrogen-bond acceptors (Lipinski definition) is 4. The van der Waals surface area contributed by atoms with Gasteiger partial charge in [-0.1, -0.05) is 97.3 Å². The van der Waals surface area contributed by atoms with Gasteiger partial charge in [-0.25, -0.2) is 0 Å². The van der Waals surface area contributed by atoms with Crippen LogP contribution in [-0.4, -0.2) is 41.4 Å². The van der Waals surface area contributed by atoms with E-state index in [9.17, 15) is 4.79 Å². The molecule has 0 saturated heterocycles. The van der Waals surface area contributed by atoms with Crippen LogP contribution in [0.25, 0.3) is 0 Å². The summed E-state index contributed by atoms with van der Waals surface area (Å²) in [5.41, 5.74) is 1.26. The molecule has 0 aliphatic rings. The van der Waals surface area contributed by atoms with E-state index in [0.717, 1.165) is 38.9 Å². The van der Waals surface area contributed by atoms with Gasteiger partial charge in [-0.15, -0.1) is 11.6 Å². The number of nitrogens with zero attached hydrogens (tertiary/aromatic N) is 2. The van der Waals surface area contributed by atoms with Crippen LogP contribution >= 0.6 is 11.6 Å². The maximum atomic E-state index is 12.4. The van der Waals surface area contributed by atoms with Gasteiger partial charge in [-0.05, 0) is 55.8 Å². The van der Waals surface area contributed by atoms with Gasteiger partial charge in [0.1, 0.15) is 0 Å². The van der Waals surface area contributed by atoms with Crippen molar-refractivity contribution in [2.24, 2.45) is 5.92 Å². The molecule has 0 spiro atoms. The third-order valence-corrected chi connectivity index (χ3v) is 7.49. The van der Waals surface area contributed by atoms with E-state index in [1.807, 2.05) is 12.4 Å². The molecular weight excluding hydrogens is 480 g/mol. The molecule has 0 N–H and O–H groups in total. The Kier molecular flexibility index (Phi) is 23.1. The number of unbranched alkanes of at least 4 members (excludes halogenated alkanes) is 12. The van der Waals surface area contributed by atoms with Crippen LogP contribution in [0, 0.1) is 5.92 Å². The highest BCUT2D eigenvalue weighted by atomic mass is 35.5. The van der Waals surface area contributed by atoms with Gasteiger partial charge in [0.2, 0.25) is 0 Å². The van der Waals surface area contributed by atoms with E-state index >= 15 is 0 Å². The van der Waals surface area contributed by atoms with Crippen LogP contribution in [-0.2, 0) is 16.1 Å². The van der Waals surface area contributed by atoms with E-state index in [1.165, 1.54) is 95.5 Å². The van der Waals surface area contributed by atoms with Crippen molar-refractivity contribution in [3.05, 3.63) is 30.1 Å². The first-order chi connectivity index (χ1) is 18.2. The number of esters is 1. The molecule has 214 valence electrons. The highest BCUT2D eigenvalue weighted by Gasteiger charge is 2.13. The zero-order valence-corrected chi connectivity index (χ0v) is 25.0. The second kappa shape index (κ2) is 25.2. The summed E-state index contributed by atoms with van der Waals surface area (Å²) in [6.07, 6.45) is 25.6. The topological polar surface area (TPSA) is 42.4 Å². The maximum absolute atomic E-state index is 12.4. The minimum atomic E-state index is -0.00899. The molecule has 0 aliphatic heterocycles. The number of hydrogen-bond donors (Lipinski definition) is 0. The van der Waals surface area contributed by atoms with Gasteiger partial charge in [0, 0.05) is 37.8 Å². The first-order valence-electron chi connectivity index (χ1n) is 15.5. The molecule has 0 aromatic carbocycles. The Hall–Kier alpha value is -1.13. The quantitative estimate of drug-likeness (QED) is 0.0671. The lowest BCUT2D eigenvalue weighted by atomic mass is 9.94. The normalized spacial score (nSPS) is 11.5. The lowest BCUT2D eigenvalue weighted by molar-refractivity contribution is -0.145. The Balaban J connectivity index is 2.24. The van der Waals surface area contributed by atoms with Crippen LogP contribution in [0.5, 0.6) is 0 Å². The largest absolute Gasteiger partial charge is 0.465 e. The van der Waals surface area contributed by atoms with Crippen LogP contribution in [0.15, 0.2) is 24.5 Å². The van der Waals surface area contributed by atoms with Crippen molar-refractivity contribution in [1.29, 1.82) is 0 Å². The molecule has 0 saturated carbocycles.